The number of carbonyl (C=O) groups is 1. The van der Waals surface area contributed by atoms with E-state index in [0.29, 0.717) is 5.13 Å². The molecule has 1 aromatic carbocycles. The third kappa shape index (κ3) is 4.01. The number of hydrogen-bond donors (Lipinski definition) is 1. The highest BCUT2D eigenvalue weighted by atomic mass is 32.1. The molecule has 0 bridgehead atoms. The van der Waals surface area contributed by atoms with Crippen LogP contribution in [0.3, 0.4) is 0 Å². The lowest BCUT2D eigenvalue weighted by Crippen LogP contribution is -2.30. The summed E-state index contributed by atoms with van der Waals surface area (Å²) in [5.41, 5.74) is 1.70. The topological polar surface area (TPSA) is 107 Å². The first-order valence-corrected chi connectivity index (χ1v) is 8.50. The summed E-state index contributed by atoms with van der Waals surface area (Å²) < 4.78 is 5.39. The van der Waals surface area contributed by atoms with Crippen LogP contribution in [0.5, 0.6) is 5.75 Å². The molecular weight excluding hydrogens is 356 g/mol. The van der Waals surface area contributed by atoms with Gasteiger partial charge in [-0.25, -0.2) is 4.98 Å². The van der Waals surface area contributed by atoms with Gasteiger partial charge in [0.25, 0.3) is 5.91 Å². The van der Waals surface area contributed by atoms with Crippen molar-refractivity contribution in [2.75, 3.05) is 5.32 Å². The van der Waals surface area contributed by atoms with Gasteiger partial charge in [0.1, 0.15) is 6.20 Å². The molecule has 9 heteroatoms. The van der Waals surface area contributed by atoms with E-state index in [9.17, 15) is 14.9 Å². The molecule has 26 heavy (non-hydrogen) atoms. The van der Waals surface area contributed by atoms with Crippen molar-refractivity contribution < 1.29 is 14.5 Å². The van der Waals surface area contributed by atoms with Crippen LogP contribution in [0.15, 0.2) is 54.0 Å². The van der Waals surface area contributed by atoms with Crippen LogP contribution in [0, 0.1) is 10.1 Å². The SMILES string of the molecule is C[C@@H](Oc1cccnc1[N+](=O)[O-])C(=O)Nc1nc(-c2ccccc2)cs1. The van der Waals surface area contributed by atoms with Crippen LogP contribution >= 0.6 is 11.3 Å². The van der Waals surface area contributed by atoms with Gasteiger partial charge in [0, 0.05) is 10.9 Å². The lowest BCUT2D eigenvalue weighted by Gasteiger charge is -2.13. The van der Waals surface area contributed by atoms with E-state index >= 15 is 0 Å². The van der Waals surface area contributed by atoms with Crippen molar-refractivity contribution in [3.8, 4) is 17.0 Å². The third-order valence-electron chi connectivity index (χ3n) is 3.40. The predicted octanol–water partition coefficient (Wildman–Crippen LogP) is 3.52. The van der Waals surface area contributed by atoms with E-state index in [1.54, 1.807) is 0 Å². The van der Waals surface area contributed by atoms with E-state index in [1.165, 1.54) is 36.6 Å². The Morgan fingerprint density at radius 2 is 2.04 bits per heavy atom. The van der Waals surface area contributed by atoms with Gasteiger partial charge in [-0.15, -0.1) is 11.3 Å². The molecule has 3 aromatic rings. The Labute approximate surface area is 152 Å². The lowest BCUT2D eigenvalue weighted by molar-refractivity contribution is -0.390. The van der Waals surface area contributed by atoms with E-state index in [1.807, 2.05) is 35.7 Å². The van der Waals surface area contributed by atoms with E-state index < -0.39 is 22.8 Å². The highest BCUT2D eigenvalue weighted by molar-refractivity contribution is 7.14. The molecule has 0 radical (unpaired) electrons. The first kappa shape index (κ1) is 17.5. The number of nitrogens with zero attached hydrogens (tertiary/aromatic N) is 3. The number of nitrogens with one attached hydrogen (secondary N) is 1. The smallest absolute Gasteiger partial charge is 0.406 e. The number of benzene rings is 1. The van der Waals surface area contributed by atoms with Crippen molar-refractivity contribution in [2.45, 2.75) is 13.0 Å². The van der Waals surface area contributed by atoms with Crippen molar-refractivity contribution in [3.05, 3.63) is 64.2 Å². The molecule has 8 nitrogen and oxygen atoms in total. The second kappa shape index (κ2) is 7.70. The molecule has 1 N–H and O–H groups in total. The standard InChI is InChI=1S/C17H14N4O4S/c1-11(25-14-8-5-9-18-15(14)21(23)24)16(22)20-17-19-13(10-26-17)12-6-3-2-4-7-12/h2-11H,1H3,(H,19,20,22)/t11-/m1/s1. The molecule has 0 saturated heterocycles. The van der Waals surface area contributed by atoms with Crippen molar-refractivity contribution in [2.24, 2.45) is 0 Å². The molecule has 1 atom stereocenters. The van der Waals surface area contributed by atoms with Gasteiger partial charge in [-0.1, -0.05) is 30.3 Å². The van der Waals surface area contributed by atoms with Crippen molar-refractivity contribution in [1.82, 2.24) is 9.97 Å². The zero-order valence-corrected chi connectivity index (χ0v) is 14.5. The fraction of sp³-hybridized carbons (Fsp3) is 0.118. The van der Waals surface area contributed by atoms with Crippen molar-refractivity contribution >= 4 is 28.2 Å². The molecule has 2 heterocycles. The Hall–Kier alpha value is -3.33. The zero-order chi connectivity index (χ0) is 18.5. The molecule has 2 aromatic heterocycles. The lowest BCUT2D eigenvalue weighted by atomic mass is 10.2. The van der Waals surface area contributed by atoms with Gasteiger partial charge in [-0.05, 0) is 29.0 Å². The van der Waals surface area contributed by atoms with Gasteiger partial charge in [-0.3, -0.25) is 10.1 Å². The maximum Gasteiger partial charge on any atom is 0.406 e. The number of ether oxygens (including phenoxy) is 1. The van der Waals surface area contributed by atoms with Crippen LogP contribution in [0.4, 0.5) is 10.9 Å². The summed E-state index contributed by atoms with van der Waals surface area (Å²) in [4.78, 5) is 30.6. The molecule has 0 aliphatic heterocycles. The Morgan fingerprint density at radius 1 is 1.27 bits per heavy atom. The molecule has 0 aliphatic rings. The van der Waals surface area contributed by atoms with Crippen molar-refractivity contribution in [3.63, 3.8) is 0 Å². The number of aromatic nitrogens is 2. The molecule has 0 unspecified atom stereocenters. The van der Waals surface area contributed by atoms with E-state index in [4.69, 9.17) is 4.74 Å². The van der Waals surface area contributed by atoms with Crippen LogP contribution in [0.2, 0.25) is 0 Å². The minimum Gasteiger partial charge on any atom is -0.473 e. The predicted molar refractivity (Wildman–Crippen MR) is 97.2 cm³/mol. The van der Waals surface area contributed by atoms with Gasteiger partial charge in [0.2, 0.25) is 5.75 Å². The number of amides is 1. The Bertz CT molecular complexity index is 929. The number of thiazole rings is 1. The van der Waals surface area contributed by atoms with Crippen LogP contribution in [-0.4, -0.2) is 26.9 Å². The first-order chi connectivity index (χ1) is 12.5. The first-order valence-electron chi connectivity index (χ1n) is 7.62. The zero-order valence-electron chi connectivity index (χ0n) is 13.7. The van der Waals surface area contributed by atoms with Crippen molar-refractivity contribution in [1.29, 1.82) is 0 Å². The maximum atomic E-state index is 12.3. The molecule has 132 valence electrons. The molecule has 0 fully saturated rings. The summed E-state index contributed by atoms with van der Waals surface area (Å²) >= 11 is 1.29. The molecular formula is C17H14N4O4S. The summed E-state index contributed by atoms with van der Waals surface area (Å²) in [7, 11) is 0. The third-order valence-corrected chi connectivity index (χ3v) is 4.16. The molecule has 0 saturated carbocycles. The highest BCUT2D eigenvalue weighted by Gasteiger charge is 2.22. The number of rotatable bonds is 6. The maximum absolute atomic E-state index is 12.3. The largest absolute Gasteiger partial charge is 0.473 e. The molecule has 0 aliphatic carbocycles. The van der Waals surface area contributed by atoms with Gasteiger partial charge < -0.3 is 14.9 Å². The minimum atomic E-state index is -0.957. The summed E-state index contributed by atoms with van der Waals surface area (Å²) in [6, 6.07) is 12.5. The van der Waals surface area contributed by atoms with Crippen LogP contribution in [-0.2, 0) is 4.79 Å². The van der Waals surface area contributed by atoms with Gasteiger partial charge in [0.15, 0.2) is 11.2 Å². The summed E-state index contributed by atoms with van der Waals surface area (Å²) in [5.74, 6) is -0.964. The fourth-order valence-electron chi connectivity index (χ4n) is 2.13. The summed E-state index contributed by atoms with van der Waals surface area (Å²) in [6.07, 6.45) is 0.332. The van der Waals surface area contributed by atoms with E-state index in [-0.39, 0.29) is 5.75 Å². The number of anilines is 1. The van der Waals surface area contributed by atoms with Gasteiger partial charge in [-0.2, -0.15) is 0 Å². The summed E-state index contributed by atoms with van der Waals surface area (Å²) in [5, 5.41) is 15.9. The second-order valence-electron chi connectivity index (χ2n) is 5.24. The Balaban J connectivity index is 1.67. The normalized spacial score (nSPS) is 11.6. The second-order valence-corrected chi connectivity index (χ2v) is 6.09. The Kier molecular flexibility index (Phi) is 5.18. The Morgan fingerprint density at radius 3 is 2.77 bits per heavy atom. The number of hydrogen-bond acceptors (Lipinski definition) is 7. The average Bonchev–Trinajstić information content (AvgIpc) is 3.11. The van der Waals surface area contributed by atoms with Gasteiger partial charge >= 0.3 is 5.82 Å². The molecule has 0 spiro atoms. The molecule has 3 rings (SSSR count). The van der Waals surface area contributed by atoms with E-state index in [0.717, 1.165) is 11.3 Å². The average molecular weight is 370 g/mol. The quantitative estimate of drug-likeness (QED) is 0.525. The minimum absolute atomic E-state index is 0.0655. The molecule has 1 amide bonds. The van der Waals surface area contributed by atoms with Crippen LogP contribution < -0.4 is 10.1 Å². The fourth-order valence-corrected chi connectivity index (χ4v) is 2.86. The monoisotopic (exact) mass is 370 g/mol. The van der Waals surface area contributed by atoms with Crippen LogP contribution in [0.25, 0.3) is 11.3 Å². The number of carbonyl (C=O) groups excluding carboxylic acids is 1. The summed E-state index contributed by atoms with van der Waals surface area (Å²) in [6.45, 7) is 1.50. The van der Waals surface area contributed by atoms with E-state index in [2.05, 4.69) is 15.3 Å². The highest BCUT2D eigenvalue weighted by Crippen LogP contribution is 2.26. The number of pyridine rings is 1. The van der Waals surface area contributed by atoms with Crippen LogP contribution in [0.1, 0.15) is 6.92 Å². The number of nitro groups is 1. The van der Waals surface area contributed by atoms with Gasteiger partial charge in [0.05, 0.1) is 5.69 Å².